The van der Waals surface area contributed by atoms with Crippen molar-refractivity contribution in [3.8, 4) is 11.5 Å². The first-order valence-corrected chi connectivity index (χ1v) is 11.1. The fourth-order valence-electron chi connectivity index (χ4n) is 4.41. The highest BCUT2D eigenvalue weighted by Gasteiger charge is 2.47. The molecule has 7 heteroatoms. The van der Waals surface area contributed by atoms with E-state index in [1.54, 1.807) is 12.1 Å². The molecule has 3 unspecified atom stereocenters. The Hall–Kier alpha value is -2.57. The molecule has 6 nitrogen and oxygen atoms in total. The standard InChI is InChI=1S/C24H28ClN3O3/c1-4-15(2)24(3,23(29)30)21-14-28(12-11-26-21)22-17-7-5-6-8-19(17)31-20-10-9-16(25)13-18(20)27-22/h5-10,13,15,21,26H,4,11-12,14H2,1-3H3,(H,29,30). The summed E-state index contributed by atoms with van der Waals surface area (Å²) in [5.74, 6) is 1.40. The normalized spacial score (nSPS) is 21.0. The number of nitrogens with one attached hydrogen (secondary N) is 1. The lowest BCUT2D eigenvalue weighted by Crippen LogP contribution is -2.62. The predicted molar refractivity (Wildman–Crippen MR) is 123 cm³/mol. The Morgan fingerprint density at radius 3 is 2.87 bits per heavy atom. The second-order valence-corrected chi connectivity index (χ2v) is 8.93. The van der Waals surface area contributed by atoms with Crippen LogP contribution >= 0.6 is 11.6 Å². The maximum Gasteiger partial charge on any atom is 0.311 e. The molecule has 0 bridgehead atoms. The van der Waals surface area contributed by atoms with Crippen LogP contribution in [0, 0.1) is 11.3 Å². The van der Waals surface area contributed by atoms with E-state index in [4.69, 9.17) is 21.3 Å². The summed E-state index contributed by atoms with van der Waals surface area (Å²) in [5.41, 5.74) is 0.656. The molecular formula is C24H28ClN3O3. The van der Waals surface area contributed by atoms with E-state index in [1.807, 2.05) is 51.1 Å². The molecule has 31 heavy (non-hydrogen) atoms. The van der Waals surface area contributed by atoms with E-state index in [1.165, 1.54) is 0 Å². The minimum absolute atomic E-state index is 0.0219. The molecular weight excluding hydrogens is 414 g/mol. The van der Waals surface area contributed by atoms with Crippen molar-refractivity contribution in [3.63, 3.8) is 0 Å². The third-order valence-corrected chi connectivity index (χ3v) is 7.03. The van der Waals surface area contributed by atoms with Gasteiger partial charge in [0.05, 0.1) is 11.0 Å². The fourth-order valence-corrected chi connectivity index (χ4v) is 4.58. The van der Waals surface area contributed by atoms with Gasteiger partial charge in [0.2, 0.25) is 0 Å². The molecule has 2 N–H and O–H groups in total. The van der Waals surface area contributed by atoms with Crippen LogP contribution in [0.5, 0.6) is 11.5 Å². The molecule has 0 aliphatic carbocycles. The Bertz CT molecular complexity index is 1020. The van der Waals surface area contributed by atoms with Gasteiger partial charge in [-0.3, -0.25) is 4.79 Å². The topological polar surface area (TPSA) is 74.2 Å². The van der Waals surface area contributed by atoms with Crippen molar-refractivity contribution >= 4 is 29.1 Å². The molecule has 164 valence electrons. The molecule has 2 aliphatic heterocycles. The van der Waals surface area contributed by atoms with E-state index in [2.05, 4.69) is 10.2 Å². The Morgan fingerprint density at radius 2 is 2.13 bits per heavy atom. The third-order valence-electron chi connectivity index (χ3n) is 6.79. The zero-order chi connectivity index (χ0) is 22.2. The highest BCUT2D eigenvalue weighted by molar-refractivity contribution is 6.31. The number of carboxylic acid groups (broad SMARTS) is 1. The summed E-state index contributed by atoms with van der Waals surface area (Å²) < 4.78 is 6.16. The molecule has 1 saturated heterocycles. The van der Waals surface area contributed by atoms with Crippen molar-refractivity contribution < 1.29 is 14.6 Å². The van der Waals surface area contributed by atoms with E-state index in [0.29, 0.717) is 29.5 Å². The third kappa shape index (κ3) is 3.90. The van der Waals surface area contributed by atoms with Crippen LogP contribution in [0.2, 0.25) is 5.02 Å². The summed E-state index contributed by atoms with van der Waals surface area (Å²) >= 11 is 6.23. The molecule has 2 aromatic carbocycles. The smallest absolute Gasteiger partial charge is 0.311 e. The molecule has 2 aromatic rings. The lowest BCUT2D eigenvalue weighted by Gasteiger charge is -2.45. The Morgan fingerprint density at radius 1 is 1.35 bits per heavy atom. The largest absolute Gasteiger partial charge is 0.481 e. The highest BCUT2D eigenvalue weighted by atomic mass is 35.5. The van der Waals surface area contributed by atoms with Crippen LogP contribution < -0.4 is 10.1 Å². The van der Waals surface area contributed by atoms with Gasteiger partial charge in [0, 0.05) is 30.7 Å². The van der Waals surface area contributed by atoms with Crippen molar-refractivity contribution in [2.45, 2.75) is 33.2 Å². The van der Waals surface area contributed by atoms with E-state index in [0.717, 1.165) is 30.1 Å². The molecule has 0 saturated carbocycles. The van der Waals surface area contributed by atoms with Crippen LogP contribution in [0.4, 0.5) is 5.69 Å². The summed E-state index contributed by atoms with van der Waals surface area (Å²) in [5, 5.41) is 14.2. The maximum absolute atomic E-state index is 12.3. The molecule has 3 atom stereocenters. The van der Waals surface area contributed by atoms with Crippen LogP contribution in [0.1, 0.15) is 32.8 Å². The monoisotopic (exact) mass is 441 g/mol. The van der Waals surface area contributed by atoms with Crippen molar-refractivity contribution in [1.29, 1.82) is 0 Å². The molecule has 0 radical (unpaired) electrons. The van der Waals surface area contributed by atoms with Gasteiger partial charge in [-0.2, -0.15) is 0 Å². The summed E-state index contributed by atoms with van der Waals surface area (Å²) in [7, 11) is 0. The Labute approximate surface area is 187 Å². The van der Waals surface area contributed by atoms with Crippen LogP contribution in [0.3, 0.4) is 0 Å². The molecule has 4 rings (SSSR count). The van der Waals surface area contributed by atoms with Gasteiger partial charge in [0.1, 0.15) is 17.3 Å². The number of para-hydroxylation sites is 1. The first-order valence-electron chi connectivity index (χ1n) is 10.7. The molecule has 0 aromatic heterocycles. The first-order chi connectivity index (χ1) is 14.8. The number of halogens is 1. The van der Waals surface area contributed by atoms with Gasteiger partial charge in [0.25, 0.3) is 0 Å². The van der Waals surface area contributed by atoms with E-state index >= 15 is 0 Å². The van der Waals surface area contributed by atoms with Gasteiger partial charge >= 0.3 is 5.97 Å². The quantitative estimate of drug-likeness (QED) is 0.703. The maximum atomic E-state index is 12.3. The second-order valence-electron chi connectivity index (χ2n) is 8.50. The SMILES string of the molecule is CCC(C)C(C)(C(=O)O)C1CN(C2=Nc3cc(Cl)ccc3Oc3ccccc32)CCN1. The minimum atomic E-state index is -0.893. The van der Waals surface area contributed by atoms with Crippen LogP contribution in [0.15, 0.2) is 47.5 Å². The fraction of sp³-hybridized carbons (Fsp3) is 0.417. The summed E-state index contributed by atoms with van der Waals surface area (Å²) in [6.07, 6.45) is 0.796. The highest BCUT2D eigenvalue weighted by Crippen LogP contribution is 2.40. The van der Waals surface area contributed by atoms with Gasteiger partial charge in [-0.15, -0.1) is 0 Å². The number of benzene rings is 2. The van der Waals surface area contributed by atoms with Crippen LogP contribution in [-0.4, -0.2) is 47.5 Å². The number of hydrogen-bond acceptors (Lipinski definition) is 5. The Kier molecular flexibility index (Phi) is 5.95. The van der Waals surface area contributed by atoms with E-state index in [-0.39, 0.29) is 12.0 Å². The predicted octanol–water partition coefficient (Wildman–Crippen LogP) is 4.93. The molecule has 2 aliphatic rings. The Balaban J connectivity index is 1.76. The number of carbonyl (C=O) groups is 1. The lowest BCUT2D eigenvalue weighted by molar-refractivity contribution is -0.154. The van der Waals surface area contributed by atoms with Crippen LogP contribution in [0.25, 0.3) is 0 Å². The average molecular weight is 442 g/mol. The molecule has 2 heterocycles. The number of hydrogen-bond donors (Lipinski definition) is 2. The van der Waals surface area contributed by atoms with Crippen LogP contribution in [-0.2, 0) is 4.79 Å². The van der Waals surface area contributed by atoms with Crippen molar-refractivity contribution in [2.24, 2.45) is 16.3 Å². The zero-order valence-corrected chi connectivity index (χ0v) is 18.8. The van der Waals surface area contributed by atoms with Crippen molar-refractivity contribution in [1.82, 2.24) is 10.2 Å². The van der Waals surface area contributed by atoms with E-state index in [9.17, 15) is 9.90 Å². The van der Waals surface area contributed by atoms with Gasteiger partial charge in [-0.25, -0.2) is 4.99 Å². The van der Waals surface area contributed by atoms with E-state index < -0.39 is 11.4 Å². The zero-order valence-electron chi connectivity index (χ0n) is 18.1. The lowest BCUT2D eigenvalue weighted by atomic mass is 9.70. The van der Waals surface area contributed by atoms with Gasteiger partial charge in [0.15, 0.2) is 5.75 Å². The number of fused-ring (bicyclic) bond motifs is 2. The number of piperazine rings is 1. The summed E-state index contributed by atoms with van der Waals surface area (Å²) in [6, 6.07) is 13.0. The molecule has 1 fully saturated rings. The second kappa shape index (κ2) is 8.52. The molecule has 0 spiro atoms. The van der Waals surface area contributed by atoms with Gasteiger partial charge < -0.3 is 20.1 Å². The van der Waals surface area contributed by atoms with Crippen molar-refractivity contribution in [2.75, 3.05) is 19.6 Å². The average Bonchev–Trinajstić information content (AvgIpc) is 2.94. The first kappa shape index (κ1) is 21.7. The number of ether oxygens (including phenoxy) is 1. The number of aliphatic carboxylic acids is 1. The number of nitrogens with zero attached hydrogens (tertiary/aromatic N) is 2. The van der Waals surface area contributed by atoms with Gasteiger partial charge in [-0.05, 0) is 43.2 Å². The number of amidine groups is 1. The van der Waals surface area contributed by atoms with Crippen molar-refractivity contribution in [3.05, 3.63) is 53.1 Å². The number of rotatable bonds is 4. The molecule has 0 amide bonds. The summed E-state index contributed by atoms with van der Waals surface area (Å²) in [6.45, 7) is 7.83. The summed E-state index contributed by atoms with van der Waals surface area (Å²) in [4.78, 5) is 19.5. The van der Waals surface area contributed by atoms with Gasteiger partial charge in [-0.1, -0.05) is 44.0 Å². The number of aliphatic imine (C=N–C) groups is 1. The minimum Gasteiger partial charge on any atom is -0.481 e. The number of carboxylic acids is 1.